The van der Waals surface area contributed by atoms with Gasteiger partial charge in [-0.1, -0.05) is 66.7 Å². The molecule has 2 nitrogen and oxygen atoms in total. The molecule has 2 heteroatoms. The van der Waals surface area contributed by atoms with Crippen LogP contribution in [0.15, 0.2) is 84.9 Å². The highest BCUT2D eigenvalue weighted by molar-refractivity contribution is 6.25. The Labute approximate surface area is 149 Å². The van der Waals surface area contributed by atoms with Gasteiger partial charge in [-0.2, -0.15) is 0 Å². The standard InChI is InChI=1S/C24H15NO/c26-24-16(15-7-2-1-3-8-15)13-14-21-22(24)19-11-6-10-18-17-9-4-5-12-20(17)25(21)23(18)19/h1-14,26H. The molecule has 1 N–H and O–H groups in total. The smallest absolute Gasteiger partial charge is 0.133 e. The Hall–Kier alpha value is -3.52. The summed E-state index contributed by atoms with van der Waals surface area (Å²) in [5.41, 5.74) is 5.32. The number of para-hydroxylation sites is 2. The number of nitrogens with zero attached hydrogens (tertiary/aromatic N) is 1. The van der Waals surface area contributed by atoms with Crippen LogP contribution >= 0.6 is 0 Å². The van der Waals surface area contributed by atoms with Gasteiger partial charge < -0.3 is 9.51 Å². The molecule has 26 heavy (non-hydrogen) atoms. The number of phenolic OH excluding ortho intramolecular Hbond substituents is 1. The van der Waals surface area contributed by atoms with Crippen molar-refractivity contribution in [3.63, 3.8) is 0 Å². The van der Waals surface area contributed by atoms with Crippen molar-refractivity contribution in [2.45, 2.75) is 0 Å². The number of hydrogen-bond donors (Lipinski definition) is 1. The first-order valence-corrected chi connectivity index (χ1v) is 8.79. The first kappa shape index (κ1) is 13.7. The van der Waals surface area contributed by atoms with E-state index in [1.54, 1.807) is 0 Å². The largest absolute Gasteiger partial charge is 0.507 e. The van der Waals surface area contributed by atoms with Gasteiger partial charge in [0.1, 0.15) is 5.75 Å². The average Bonchev–Trinajstić information content (AvgIpc) is 3.21. The molecule has 0 aliphatic carbocycles. The molecule has 4 aromatic carbocycles. The molecule has 6 rings (SSSR count). The zero-order valence-corrected chi connectivity index (χ0v) is 14.0. The lowest BCUT2D eigenvalue weighted by Gasteiger charge is -2.07. The van der Waals surface area contributed by atoms with E-state index in [1.165, 1.54) is 21.8 Å². The fourth-order valence-corrected chi connectivity index (χ4v) is 4.35. The van der Waals surface area contributed by atoms with Gasteiger partial charge >= 0.3 is 0 Å². The summed E-state index contributed by atoms with van der Waals surface area (Å²) in [6.07, 6.45) is 0. The maximum Gasteiger partial charge on any atom is 0.133 e. The van der Waals surface area contributed by atoms with E-state index in [9.17, 15) is 5.11 Å². The Morgan fingerprint density at radius 2 is 1.31 bits per heavy atom. The van der Waals surface area contributed by atoms with Crippen LogP contribution in [0, 0.1) is 0 Å². The third-order valence-electron chi connectivity index (χ3n) is 5.45. The van der Waals surface area contributed by atoms with Gasteiger partial charge in [-0.05, 0) is 23.8 Å². The van der Waals surface area contributed by atoms with Crippen molar-refractivity contribution < 1.29 is 5.11 Å². The van der Waals surface area contributed by atoms with Crippen molar-refractivity contribution in [2.24, 2.45) is 0 Å². The lowest BCUT2D eigenvalue weighted by molar-refractivity contribution is 0.484. The second-order valence-corrected chi connectivity index (χ2v) is 6.78. The lowest BCUT2D eigenvalue weighted by Crippen LogP contribution is -1.83. The highest BCUT2D eigenvalue weighted by Crippen LogP contribution is 2.44. The lowest BCUT2D eigenvalue weighted by atomic mass is 10.0. The van der Waals surface area contributed by atoms with Crippen LogP contribution in [-0.4, -0.2) is 9.51 Å². The molecule has 2 heterocycles. The summed E-state index contributed by atoms with van der Waals surface area (Å²) in [7, 11) is 0. The molecule has 0 spiro atoms. The van der Waals surface area contributed by atoms with Crippen molar-refractivity contribution in [3.05, 3.63) is 84.9 Å². The van der Waals surface area contributed by atoms with Crippen molar-refractivity contribution >= 4 is 38.1 Å². The Balaban J connectivity index is 1.86. The number of rotatable bonds is 1. The second-order valence-electron chi connectivity index (χ2n) is 6.78. The Kier molecular flexibility index (Phi) is 2.52. The molecule has 0 aliphatic rings. The summed E-state index contributed by atoms with van der Waals surface area (Å²) in [5.74, 6) is 0.356. The van der Waals surface area contributed by atoms with Crippen molar-refractivity contribution in [1.82, 2.24) is 4.40 Å². The summed E-state index contributed by atoms with van der Waals surface area (Å²) >= 11 is 0. The first-order valence-electron chi connectivity index (χ1n) is 8.79. The van der Waals surface area contributed by atoms with E-state index >= 15 is 0 Å². The molecule has 0 fully saturated rings. The highest BCUT2D eigenvalue weighted by Gasteiger charge is 2.20. The number of phenols is 1. The number of benzene rings is 4. The van der Waals surface area contributed by atoms with Gasteiger partial charge in [0.25, 0.3) is 0 Å². The third-order valence-corrected chi connectivity index (χ3v) is 5.45. The molecule has 0 bridgehead atoms. The van der Waals surface area contributed by atoms with E-state index in [0.717, 1.165) is 27.4 Å². The molecule has 0 radical (unpaired) electrons. The minimum absolute atomic E-state index is 0.356. The van der Waals surface area contributed by atoms with E-state index in [-0.39, 0.29) is 0 Å². The monoisotopic (exact) mass is 333 g/mol. The Bertz CT molecular complexity index is 1430. The summed E-state index contributed by atoms with van der Waals surface area (Å²) in [6.45, 7) is 0. The highest BCUT2D eigenvalue weighted by atomic mass is 16.3. The molecule has 0 saturated carbocycles. The van der Waals surface area contributed by atoms with Gasteiger partial charge in [-0.25, -0.2) is 0 Å². The fraction of sp³-hybridized carbons (Fsp3) is 0. The molecule has 0 saturated heterocycles. The molecular weight excluding hydrogens is 318 g/mol. The second kappa shape index (κ2) is 4.77. The van der Waals surface area contributed by atoms with E-state index in [0.29, 0.717) is 5.75 Å². The zero-order valence-electron chi connectivity index (χ0n) is 14.0. The number of aromatic hydroxyl groups is 1. The van der Waals surface area contributed by atoms with Crippen molar-refractivity contribution in [2.75, 3.05) is 0 Å². The van der Waals surface area contributed by atoms with Crippen LogP contribution < -0.4 is 0 Å². The normalized spacial score (nSPS) is 12.0. The molecule has 0 unspecified atom stereocenters. The molecule has 122 valence electrons. The molecule has 2 aromatic heterocycles. The number of hydrogen-bond acceptors (Lipinski definition) is 1. The van der Waals surface area contributed by atoms with Gasteiger partial charge in [0.2, 0.25) is 0 Å². The van der Waals surface area contributed by atoms with Gasteiger partial charge in [0, 0.05) is 21.7 Å². The first-order chi connectivity index (χ1) is 12.8. The molecule has 0 amide bonds. The van der Waals surface area contributed by atoms with Crippen LogP contribution in [0.3, 0.4) is 0 Å². The van der Waals surface area contributed by atoms with Crippen LogP contribution in [0.5, 0.6) is 5.75 Å². The minimum atomic E-state index is 0.356. The van der Waals surface area contributed by atoms with E-state index < -0.39 is 0 Å². The van der Waals surface area contributed by atoms with Crippen LogP contribution in [0.4, 0.5) is 0 Å². The third kappa shape index (κ3) is 1.56. The molecular formula is C24H15NO. The summed E-state index contributed by atoms with van der Waals surface area (Å²) in [5, 5.41) is 15.7. The zero-order chi connectivity index (χ0) is 17.3. The van der Waals surface area contributed by atoms with Gasteiger partial charge in [0.05, 0.1) is 21.9 Å². The quantitative estimate of drug-likeness (QED) is 0.380. The SMILES string of the molecule is Oc1c(-c2ccccc2)ccc2c1c1cccc3c4ccccc4n2c31. The van der Waals surface area contributed by atoms with Crippen LogP contribution in [0.1, 0.15) is 0 Å². The van der Waals surface area contributed by atoms with Crippen molar-refractivity contribution in [1.29, 1.82) is 0 Å². The summed E-state index contributed by atoms with van der Waals surface area (Å²) < 4.78 is 2.28. The molecule has 6 aromatic rings. The molecule has 0 aliphatic heterocycles. The van der Waals surface area contributed by atoms with Crippen LogP contribution in [-0.2, 0) is 0 Å². The maximum absolute atomic E-state index is 11.2. The van der Waals surface area contributed by atoms with Crippen LogP contribution in [0.2, 0.25) is 0 Å². The van der Waals surface area contributed by atoms with E-state index in [1.807, 2.05) is 36.4 Å². The summed E-state index contributed by atoms with van der Waals surface area (Å²) in [4.78, 5) is 0. The Morgan fingerprint density at radius 1 is 0.577 bits per heavy atom. The number of fused-ring (bicyclic) bond motifs is 6. The van der Waals surface area contributed by atoms with E-state index in [4.69, 9.17) is 0 Å². The van der Waals surface area contributed by atoms with Gasteiger partial charge in [-0.15, -0.1) is 0 Å². The van der Waals surface area contributed by atoms with E-state index in [2.05, 4.69) is 52.9 Å². The fourth-order valence-electron chi connectivity index (χ4n) is 4.35. The maximum atomic E-state index is 11.2. The predicted molar refractivity (Wildman–Crippen MR) is 108 cm³/mol. The average molecular weight is 333 g/mol. The van der Waals surface area contributed by atoms with Gasteiger partial charge in [0.15, 0.2) is 0 Å². The number of aromatic nitrogens is 1. The Morgan fingerprint density at radius 3 is 2.19 bits per heavy atom. The summed E-state index contributed by atoms with van der Waals surface area (Å²) in [6, 6.07) is 29.0. The van der Waals surface area contributed by atoms with Crippen molar-refractivity contribution in [3.8, 4) is 16.9 Å². The van der Waals surface area contributed by atoms with Crippen LogP contribution in [0.25, 0.3) is 49.2 Å². The van der Waals surface area contributed by atoms with Gasteiger partial charge in [-0.3, -0.25) is 0 Å². The molecule has 0 atom stereocenters. The minimum Gasteiger partial charge on any atom is -0.507 e. The topological polar surface area (TPSA) is 24.6 Å². The predicted octanol–water partition coefficient (Wildman–Crippen LogP) is 6.21.